The van der Waals surface area contributed by atoms with Crippen LogP contribution in [-0.2, 0) is 5.60 Å². The molecule has 0 fully saturated rings. The summed E-state index contributed by atoms with van der Waals surface area (Å²) in [7, 11) is 1.51. The van der Waals surface area contributed by atoms with E-state index in [1.165, 1.54) is 13.2 Å². The average Bonchev–Trinajstić information content (AvgIpc) is 2.42. The van der Waals surface area contributed by atoms with E-state index in [1.54, 1.807) is 19.1 Å². The Kier molecular flexibility index (Phi) is 4.47. The molecular weight excluding hydrogens is 314 g/mol. The van der Waals surface area contributed by atoms with E-state index in [0.29, 0.717) is 11.3 Å². The molecule has 0 spiro atoms. The van der Waals surface area contributed by atoms with Gasteiger partial charge in [-0.1, -0.05) is 34.8 Å². The van der Waals surface area contributed by atoms with Crippen molar-refractivity contribution in [1.82, 2.24) is 0 Å². The maximum Gasteiger partial charge on any atom is 0.142 e. The minimum absolute atomic E-state index is 0.0873. The molecule has 2 aromatic rings. The van der Waals surface area contributed by atoms with Gasteiger partial charge in [-0.2, -0.15) is 0 Å². The standard InChI is InChI=1S/C16H15Cl2FO2/c1-9-4-5-15(21-3)11(6-9)16(2,20)10-7-14(19)13(18)8-12(10)17/h4-8,20H,1-3H3. The van der Waals surface area contributed by atoms with Crippen molar-refractivity contribution in [2.24, 2.45) is 0 Å². The predicted octanol–water partition coefficient (Wildman–Crippen LogP) is 4.71. The lowest BCUT2D eigenvalue weighted by Crippen LogP contribution is -2.24. The van der Waals surface area contributed by atoms with Crippen LogP contribution in [0, 0.1) is 12.7 Å². The summed E-state index contributed by atoms with van der Waals surface area (Å²) in [6.45, 7) is 3.43. The molecule has 0 aliphatic heterocycles. The smallest absolute Gasteiger partial charge is 0.142 e. The van der Waals surface area contributed by atoms with Crippen molar-refractivity contribution in [1.29, 1.82) is 0 Å². The number of ether oxygens (including phenoxy) is 1. The van der Waals surface area contributed by atoms with Gasteiger partial charge in [0.05, 0.1) is 12.1 Å². The fraction of sp³-hybridized carbons (Fsp3) is 0.250. The third-order valence-electron chi connectivity index (χ3n) is 3.41. The Balaban J connectivity index is 2.67. The van der Waals surface area contributed by atoms with Crippen LogP contribution in [0.4, 0.5) is 4.39 Å². The SMILES string of the molecule is COc1ccc(C)cc1C(C)(O)c1cc(F)c(Cl)cc1Cl. The van der Waals surface area contributed by atoms with Crippen LogP contribution in [-0.4, -0.2) is 12.2 Å². The zero-order valence-electron chi connectivity index (χ0n) is 11.9. The highest BCUT2D eigenvalue weighted by molar-refractivity contribution is 6.35. The van der Waals surface area contributed by atoms with Gasteiger partial charge in [0.1, 0.15) is 17.2 Å². The molecule has 0 saturated heterocycles. The second-order valence-electron chi connectivity index (χ2n) is 5.02. The first kappa shape index (κ1) is 16.1. The molecule has 2 rings (SSSR count). The molecule has 0 amide bonds. The summed E-state index contributed by atoms with van der Waals surface area (Å²) < 4.78 is 19.0. The quantitative estimate of drug-likeness (QED) is 0.827. The highest BCUT2D eigenvalue weighted by atomic mass is 35.5. The van der Waals surface area contributed by atoms with E-state index in [2.05, 4.69) is 0 Å². The van der Waals surface area contributed by atoms with Crippen molar-refractivity contribution in [3.05, 3.63) is 62.9 Å². The molecular formula is C16H15Cl2FO2. The fourth-order valence-corrected chi connectivity index (χ4v) is 2.81. The lowest BCUT2D eigenvalue weighted by atomic mass is 9.86. The van der Waals surface area contributed by atoms with Crippen LogP contribution in [0.5, 0.6) is 5.75 Å². The summed E-state index contributed by atoms with van der Waals surface area (Å²) in [4.78, 5) is 0. The van der Waals surface area contributed by atoms with Gasteiger partial charge in [-0.25, -0.2) is 4.39 Å². The third-order valence-corrected chi connectivity index (χ3v) is 4.02. The Morgan fingerprint density at radius 2 is 1.76 bits per heavy atom. The van der Waals surface area contributed by atoms with Crippen LogP contribution in [0.1, 0.15) is 23.6 Å². The van der Waals surface area contributed by atoms with Crippen LogP contribution in [0.2, 0.25) is 10.0 Å². The van der Waals surface area contributed by atoms with Crippen molar-refractivity contribution in [2.45, 2.75) is 19.4 Å². The van der Waals surface area contributed by atoms with E-state index in [4.69, 9.17) is 27.9 Å². The largest absolute Gasteiger partial charge is 0.496 e. The molecule has 0 aliphatic rings. The number of rotatable bonds is 3. The second kappa shape index (κ2) is 5.84. The van der Waals surface area contributed by atoms with Gasteiger partial charge >= 0.3 is 0 Å². The van der Waals surface area contributed by atoms with Gasteiger partial charge in [0.25, 0.3) is 0 Å². The van der Waals surface area contributed by atoms with Gasteiger partial charge in [-0.3, -0.25) is 0 Å². The van der Waals surface area contributed by atoms with Crippen molar-refractivity contribution in [3.8, 4) is 5.75 Å². The maximum atomic E-state index is 13.7. The molecule has 0 saturated carbocycles. The number of hydrogen-bond acceptors (Lipinski definition) is 2. The predicted molar refractivity (Wildman–Crippen MR) is 82.8 cm³/mol. The molecule has 0 aliphatic carbocycles. The Hall–Kier alpha value is -1.29. The van der Waals surface area contributed by atoms with Crippen LogP contribution in [0.3, 0.4) is 0 Å². The van der Waals surface area contributed by atoms with E-state index in [1.807, 2.05) is 13.0 Å². The first-order valence-corrected chi connectivity index (χ1v) is 7.05. The molecule has 0 bridgehead atoms. The van der Waals surface area contributed by atoms with Crippen LogP contribution < -0.4 is 4.74 Å². The molecule has 2 nitrogen and oxygen atoms in total. The molecule has 0 aromatic heterocycles. The first-order valence-electron chi connectivity index (χ1n) is 6.30. The van der Waals surface area contributed by atoms with Crippen LogP contribution in [0.15, 0.2) is 30.3 Å². The summed E-state index contributed by atoms with van der Waals surface area (Å²) in [6.07, 6.45) is 0. The van der Waals surface area contributed by atoms with E-state index < -0.39 is 11.4 Å². The molecule has 2 aromatic carbocycles. The minimum atomic E-state index is -1.51. The van der Waals surface area contributed by atoms with Gasteiger partial charge in [-0.05, 0) is 38.1 Å². The maximum absolute atomic E-state index is 13.7. The Bertz CT molecular complexity index is 684. The van der Waals surface area contributed by atoms with Gasteiger partial charge in [0.15, 0.2) is 0 Å². The first-order chi connectivity index (χ1) is 9.77. The monoisotopic (exact) mass is 328 g/mol. The molecule has 21 heavy (non-hydrogen) atoms. The topological polar surface area (TPSA) is 29.5 Å². The third kappa shape index (κ3) is 3.00. The number of benzene rings is 2. The van der Waals surface area contributed by atoms with E-state index >= 15 is 0 Å². The molecule has 5 heteroatoms. The summed E-state index contributed by atoms with van der Waals surface area (Å²) >= 11 is 11.8. The number of aryl methyl sites for hydroxylation is 1. The van der Waals surface area contributed by atoms with Gasteiger partial charge in [-0.15, -0.1) is 0 Å². The highest BCUT2D eigenvalue weighted by Gasteiger charge is 2.32. The minimum Gasteiger partial charge on any atom is -0.496 e. The van der Waals surface area contributed by atoms with Crippen molar-refractivity contribution in [2.75, 3.05) is 7.11 Å². The zero-order chi connectivity index (χ0) is 15.8. The molecule has 112 valence electrons. The van der Waals surface area contributed by atoms with Crippen LogP contribution >= 0.6 is 23.2 Å². The van der Waals surface area contributed by atoms with E-state index in [0.717, 1.165) is 11.6 Å². The molecule has 1 atom stereocenters. The fourth-order valence-electron chi connectivity index (χ4n) is 2.24. The summed E-state index contributed by atoms with van der Waals surface area (Å²) in [5.41, 5.74) is 0.167. The number of halogens is 3. The Labute approximate surface area is 133 Å². The van der Waals surface area contributed by atoms with Crippen LogP contribution in [0.25, 0.3) is 0 Å². The molecule has 1 N–H and O–H groups in total. The van der Waals surface area contributed by atoms with Crippen molar-refractivity contribution >= 4 is 23.2 Å². The number of aliphatic hydroxyl groups is 1. The number of methoxy groups -OCH3 is 1. The molecule has 1 unspecified atom stereocenters. The summed E-state index contributed by atoms with van der Waals surface area (Å²) in [6, 6.07) is 7.82. The molecule has 0 heterocycles. The average molecular weight is 329 g/mol. The second-order valence-corrected chi connectivity index (χ2v) is 5.84. The summed E-state index contributed by atoms with van der Waals surface area (Å²) in [5, 5.41) is 11.0. The number of hydrogen-bond donors (Lipinski definition) is 1. The van der Waals surface area contributed by atoms with Gasteiger partial charge in [0.2, 0.25) is 0 Å². The lowest BCUT2D eigenvalue weighted by molar-refractivity contribution is 0.0986. The molecule has 0 radical (unpaired) electrons. The Morgan fingerprint density at radius 1 is 1.10 bits per heavy atom. The van der Waals surface area contributed by atoms with Crippen molar-refractivity contribution in [3.63, 3.8) is 0 Å². The lowest BCUT2D eigenvalue weighted by Gasteiger charge is -2.28. The van der Waals surface area contributed by atoms with Gasteiger partial charge in [0, 0.05) is 16.1 Å². The van der Waals surface area contributed by atoms with E-state index in [9.17, 15) is 9.50 Å². The zero-order valence-corrected chi connectivity index (χ0v) is 13.4. The Morgan fingerprint density at radius 3 is 2.38 bits per heavy atom. The van der Waals surface area contributed by atoms with E-state index in [-0.39, 0.29) is 15.6 Å². The van der Waals surface area contributed by atoms with Gasteiger partial charge < -0.3 is 9.84 Å². The van der Waals surface area contributed by atoms with Crippen molar-refractivity contribution < 1.29 is 14.2 Å². The summed E-state index contributed by atoms with van der Waals surface area (Å²) in [5.74, 6) is -0.139. The normalized spacial score (nSPS) is 13.9. The highest BCUT2D eigenvalue weighted by Crippen LogP contribution is 2.40.